The molecule has 0 bridgehead atoms. The highest BCUT2D eigenvalue weighted by Crippen LogP contribution is 2.30. The van der Waals surface area contributed by atoms with Gasteiger partial charge < -0.3 is 15.5 Å². The van der Waals surface area contributed by atoms with Gasteiger partial charge in [-0.3, -0.25) is 0 Å². The summed E-state index contributed by atoms with van der Waals surface area (Å²) < 4.78 is 0.994. The molecule has 0 saturated heterocycles. The summed E-state index contributed by atoms with van der Waals surface area (Å²) in [7, 11) is 0. The van der Waals surface area contributed by atoms with Crippen molar-refractivity contribution in [1.29, 1.82) is 0 Å². The Labute approximate surface area is 123 Å². The number of rotatable bonds is 5. The summed E-state index contributed by atoms with van der Waals surface area (Å²) in [5.41, 5.74) is 2.16. The van der Waals surface area contributed by atoms with Crippen LogP contribution in [-0.2, 0) is 0 Å². The molecule has 0 amide bonds. The fraction of sp³-hybridized carbons (Fsp3) is 0.333. The van der Waals surface area contributed by atoms with Gasteiger partial charge in [-0.15, -0.1) is 10.2 Å². The lowest BCUT2D eigenvalue weighted by Gasteiger charge is -2.06. The van der Waals surface area contributed by atoms with E-state index in [-0.39, 0.29) is 13.2 Å². The Morgan fingerprint density at radius 3 is 2.95 bits per heavy atom. The molecule has 0 aliphatic carbocycles. The van der Waals surface area contributed by atoms with Crippen LogP contribution in [0.3, 0.4) is 0 Å². The second-order valence-corrected chi connectivity index (χ2v) is 5.98. The molecule has 19 heavy (non-hydrogen) atoms. The number of nitrogens with zero attached hydrogens (tertiary/aromatic N) is 2. The minimum absolute atomic E-state index is 0.253. The molecule has 0 saturated carbocycles. The molecule has 2 rings (SSSR count). The Bertz CT molecular complexity index is 562. The Morgan fingerprint density at radius 2 is 2.21 bits per heavy atom. The maximum Gasteiger partial charge on any atom is 0.206 e. The number of aliphatic hydroxyl groups excluding tert-OH is 2. The standard InChI is InChI=1S/C12H14BrN3O2S/c1-7-2-3-8(13)4-10(7)11-15-16-12(19-11)14-5-9(18)6-17/h2-4,9,17-18H,5-6H2,1H3,(H,14,16)/t9-/m1/s1. The van der Waals surface area contributed by atoms with Crippen molar-refractivity contribution in [1.82, 2.24) is 10.2 Å². The lowest BCUT2D eigenvalue weighted by molar-refractivity contribution is 0.105. The molecule has 0 spiro atoms. The van der Waals surface area contributed by atoms with Gasteiger partial charge in [-0.25, -0.2) is 0 Å². The minimum atomic E-state index is -0.792. The largest absolute Gasteiger partial charge is 0.394 e. The van der Waals surface area contributed by atoms with Crippen molar-refractivity contribution in [3.63, 3.8) is 0 Å². The summed E-state index contributed by atoms with van der Waals surface area (Å²) >= 11 is 4.85. The molecular weight excluding hydrogens is 330 g/mol. The fourth-order valence-electron chi connectivity index (χ4n) is 1.50. The van der Waals surface area contributed by atoms with E-state index in [4.69, 9.17) is 5.11 Å². The summed E-state index contributed by atoms with van der Waals surface area (Å²) in [5, 5.41) is 30.5. The first-order valence-electron chi connectivity index (χ1n) is 5.73. The highest BCUT2D eigenvalue weighted by Gasteiger charge is 2.10. The van der Waals surface area contributed by atoms with Gasteiger partial charge in [-0.05, 0) is 24.6 Å². The van der Waals surface area contributed by atoms with Crippen molar-refractivity contribution in [3.8, 4) is 10.6 Å². The average Bonchev–Trinajstić information content (AvgIpc) is 2.87. The zero-order chi connectivity index (χ0) is 13.8. The van der Waals surface area contributed by atoms with Gasteiger partial charge in [-0.2, -0.15) is 0 Å². The average molecular weight is 344 g/mol. The van der Waals surface area contributed by atoms with Crippen molar-refractivity contribution >= 4 is 32.4 Å². The summed E-state index contributed by atoms with van der Waals surface area (Å²) in [5.74, 6) is 0. The monoisotopic (exact) mass is 343 g/mol. The first kappa shape index (κ1) is 14.4. The third kappa shape index (κ3) is 3.73. The maximum absolute atomic E-state index is 9.26. The zero-order valence-corrected chi connectivity index (χ0v) is 12.7. The molecule has 0 aliphatic heterocycles. The predicted molar refractivity (Wildman–Crippen MR) is 79.4 cm³/mol. The lowest BCUT2D eigenvalue weighted by Crippen LogP contribution is -2.22. The van der Waals surface area contributed by atoms with E-state index in [9.17, 15) is 5.11 Å². The van der Waals surface area contributed by atoms with Crippen molar-refractivity contribution < 1.29 is 10.2 Å². The van der Waals surface area contributed by atoms with Crippen LogP contribution in [0.5, 0.6) is 0 Å². The maximum atomic E-state index is 9.26. The molecule has 3 N–H and O–H groups in total. The highest BCUT2D eigenvalue weighted by atomic mass is 79.9. The molecule has 0 unspecified atom stereocenters. The Hall–Kier alpha value is -1.02. The third-order valence-corrected chi connectivity index (χ3v) is 3.96. The van der Waals surface area contributed by atoms with Crippen LogP contribution in [0.25, 0.3) is 10.6 Å². The van der Waals surface area contributed by atoms with Crippen LogP contribution in [0.15, 0.2) is 22.7 Å². The molecule has 2 aromatic rings. The van der Waals surface area contributed by atoms with E-state index in [1.165, 1.54) is 11.3 Å². The van der Waals surface area contributed by atoms with Crippen LogP contribution in [0.1, 0.15) is 5.56 Å². The number of benzene rings is 1. The van der Waals surface area contributed by atoms with Gasteiger partial charge in [0.2, 0.25) is 5.13 Å². The Morgan fingerprint density at radius 1 is 1.42 bits per heavy atom. The minimum Gasteiger partial charge on any atom is -0.394 e. The summed E-state index contributed by atoms with van der Waals surface area (Å²) in [6, 6.07) is 6.00. The van der Waals surface area contributed by atoms with Crippen LogP contribution in [0.4, 0.5) is 5.13 Å². The number of hydrogen-bond donors (Lipinski definition) is 3. The van der Waals surface area contributed by atoms with Gasteiger partial charge in [0.1, 0.15) is 5.01 Å². The molecule has 0 fully saturated rings. The van der Waals surface area contributed by atoms with Crippen LogP contribution < -0.4 is 5.32 Å². The van der Waals surface area contributed by atoms with E-state index in [0.29, 0.717) is 5.13 Å². The van der Waals surface area contributed by atoms with E-state index in [1.807, 2.05) is 25.1 Å². The van der Waals surface area contributed by atoms with Crippen LogP contribution in [-0.4, -0.2) is 39.7 Å². The number of nitrogens with one attached hydrogen (secondary N) is 1. The number of aryl methyl sites for hydroxylation is 1. The van der Waals surface area contributed by atoms with E-state index in [0.717, 1.165) is 20.6 Å². The van der Waals surface area contributed by atoms with Crippen LogP contribution in [0, 0.1) is 6.92 Å². The smallest absolute Gasteiger partial charge is 0.206 e. The Kier molecular flexibility index (Phi) is 4.87. The van der Waals surface area contributed by atoms with Crippen LogP contribution >= 0.6 is 27.3 Å². The first-order chi connectivity index (χ1) is 9.10. The molecule has 5 nitrogen and oxygen atoms in total. The second kappa shape index (κ2) is 6.42. The topological polar surface area (TPSA) is 78.3 Å². The summed E-state index contributed by atoms with van der Waals surface area (Å²) in [6.07, 6.45) is -0.792. The molecule has 7 heteroatoms. The zero-order valence-electron chi connectivity index (χ0n) is 10.3. The third-order valence-electron chi connectivity index (χ3n) is 2.55. The van der Waals surface area contributed by atoms with E-state index >= 15 is 0 Å². The number of aromatic nitrogens is 2. The summed E-state index contributed by atoms with van der Waals surface area (Å²) in [4.78, 5) is 0. The first-order valence-corrected chi connectivity index (χ1v) is 7.34. The quantitative estimate of drug-likeness (QED) is 0.774. The van der Waals surface area contributed by atoms with Crippen molar-refractivity contribution in [3.05, 3.63) is 28.2 Å². The molecule has 1 aromatic heterocycles. The fourth-order valence-corrected chi connectivity index (χ4v) is 2.69. The van der Waals surface area contributed by atoms with Gasteiger partial charge in [0.25, 0.3) is 0 Å². The number of aliphatic hydroxyl groups is 2. The molecule has 1 aromatic carbocycles. The SMILES string of the molecule is Cc1ccc(Br)cc1-c1nnc(NC[C@@H](O)CO)s1. The number of hydrogen-bond acceptors (Lipinski definition) is 6. The summed E-state index contributed by atoms with van der Waals surface area (Å²) in [6.45, 7) is 2.00. The predicted octanol–water partition coefficient (Wildman–Crippen LogP) is 2.04. The second-order valence-electron chi connectivity index (χ2n) is 4.09. The van der Waals surface area contributed by atoms with Crippen LogP contribution in [0.2, 0.25) is 0 Å². The van der Waals surface area contributed by atoms with Gasteiger partial charge >= 0.3 is 0 Å². The van der Waals surface area contributed by atoms with Crippen molar-refractivity contribution in [2.45, 2.75) is 13.0 Å². The molecule has 102 valence electrons. The van der Waals surface area contributed by atoms with Crippen molar-refractivity contribution in [2.24, 2.45) is 0 Å². The Balaban J connectivity index is 2.14. The molecule has 1 atom stereocenters. The van der Waals surface area contributed by atoms with Gasteiger partial charge in [0, 0.05) is 16.6 Å². The van der Waals surface area contributed by atoms with Gasteiger partial charge in [0.05, 0.1) is 12.7 Å². The van der Waals surface area contributed by atoms with Crippen molar-refractivity contribution in [2.75, 3.05) is 18.5 Å². The van der Waals surface area contributed by atoms with Gasteiger partial charge in [0.15, 0.2) is 0 Å². The van der Waals surface area contributed by atoms with E-state index < -0.39 is 6.10 Å². The number of anilines is 1. The van der Waals surface area contributed by atoms with Gasteiger partial charge in [-0.1, -0.05) is 33.3 Å². The lowest BCUT2D eigenvalue weighted by atomic mass is 10.1. The highest BCUT2D eigenvalue weighted by molar-refractivity contribution is 9.10. The molecular formula is C12H14BrN3O2S. The molecule has 0 aliphatic rings. The molecule has 0 radical (unpaired) electrons. The molecule has 1 heterocycles. The number of halogens is 1. The normalized spacial score (nSPS) is 12.4. The van der Waals surface area contributed by atoms with E-state index in [2.05, 4.69) is 31.4 Å². The van der Waals surface area contributed by atoms with E-state index in [1.54, 1.807) is 0 Å².